The molecule has 28 heavy (non-hydrogen) atoms. The zero-order valence-corrected chi connectivity index (χ0v) is 16.0. The first kappa shape index (κ1) is 20.0. The Kier molecular flexibility index (Phi) is 5.78. The maximum atomic E-state index is 12.9. The standard InChI is InChI=1S/C18H18F3N5OS/c1-11(2)16(14-7-4-8-28-14)22-15(27)10-26-24-17(23-25-26)12-5-3-6-13(9-12)18(19,20)21/h3-9,11,16H,10H2,1-2H3,(H,22,27). The van der Waals surface area contributed by atoms with Crippen LogP contribution in [0.4, 0.5) is 13.2 Å². The number of tetrazole rings is 1. The first-order chi connectivity index (χ1) is 13.2. The maximum Gasteiger partial charge on any atom is 0.416 e. The Morgan fingerprint density at radius 2 is 2.04 bits per heavy atom. The molecule has 6 nitrogen and oxygen atoms in total. The highest BCUT2D eigenvalue weighted by molar-refractivity contribution is 7.10. The zero-order valence-electron chi connectivity index (χ0n) is 15.1. The van der Waals surface area contributed by atoms with Crippen molar-refractivity contribution < 1.29 is 18.0 Å². The van der Waals surface area contributed by atoms with E-state index in [9.17, 15) is 18.0 Å². The van der Waals surface area contributed by atoms with E-state index >= 15 is 0 Å². The van der Waals surface area contributed by atoms with Crippen molar-refractivity contribution in [2.24, 2.45) is 5.92 Å². The number of carbonyl (C=O) groups excluding carboxylic acids is 1. The zero-order chi connectivity index (χ0) is 20.3. The molecule has 2 aromatic heterocycles. The molecular formula is C18H18F3N5OS. The van der Waals surface area contributed by atoms with Crippen molar-refractivity contribution in [2.45, 2.75) is 32.6 Å². The summed E-state index contributed by atoms with van der Waals surface area (Å²) in [4.78, 5) is 14.5. The molecule has 0 aliphatic carbocycles. The van der Waals surface area contributed by atoms with Gasteiger partial charge < -0.3 is 5.32 Å². The molecule has 0 spiro atoms. The van der Waals surface area contributed by atoms with Crippen molar-refractivity contribution >= 4 is 17.2 Å². The summed E-state index contributed by atoms with van der Waals surface area (Å²) in [6, 6.07) is 8.39. The number of benzene rings is 1. The van der Waals surface area contributed by atoms with E-state index in [-0.39, 0.29) is 35.8 Å². The highest BCUT2D eigenvalue weighted by atomic mass is 32.1. The van der Waals surface area contributed by atoms with E-state index in [1.54, 1.807) is 11.3 Å². The van der Waals surface area contributed by atoms with Crippen molar-refractivity contribution in [3.8, 4) is 11.4 Å². The van der Waals surface area contributed by atoms with Crippen LogP contribution >= 0.6 is 11.3 Å². The normalized spacial score (nSPS) is 12.9. The predicted octanol–water partition coefficient (Wildman–Crippen LogP) is 3.93. The molecule has 0 radical (unpaired) electrons. The van der Waals surface area contributed by atoms with Gasteiger partial charge in [-0.15, -0.1) is 21.5 Å². The molecule has 1 amide bonds. The summed E-state index contributed by atoms with van der Waals surface area (Å²) in [6.07, 6.45) is -4.46. The quantitative estimate of drug-likeness (QED) is 0.670. The first-order valence-corrected chi connectivity index (χ1v) is 9.40. The molecule has 1 N–H and O–H groups in total. The van der Waals surface area contributed by atoms with Crippen molar-refractivity contribution in [1.82, 2.24) is 25.5 Å². The van der Waals surface area contributed by atoms with Crippen LogP contribution in [0, 0.1) is 5.92 Å². The third-order valence-electron chi connectivity index (χ3n) is 4.02. The van der Waals surface area contributed by atoms with Crippen LogP contribution in [0.2, 0.25) is 0 Å². The summed E-state index contributed by atoms with van der Waals surface area (Å²) in [5.41, 5.74) is -0.616. The number of hydrogen-bond donors (Lipinski definition) is 1. The molecule has 3 rings (SSSR count). The second kappa shape index (κ2) is 8.09. The number of nitrogens with zero attached hydrogens (tertiary/aromatic N) is 4. The fraction of sp³-hybridized carbons (Fsp3) is 0.333. The number of halogens is 3. The van der Waals surface area contributed by atoms with Gasteiger partial charge in [0.05, 0.1) is 11.6 Å². The molecule has 0 aliphatic rings. The SMILES string of the molecule is CC(C)C(NC(=O)Cn1nnc(-c2cccc(C(F)(F)F)c2)n1)c1cccs1. The fourth-order valence-corrected chi connectivity index (χ4v) is 3.59. The number of alkyl halides is 3. The molecule has 0 fully saturated rings. The van der Waals surface area contributed by atoms with Gasteiger partial charge in [-0.05, 0) is 34.7 Å². The molecule has 0 bridgehead atoms. The molecule has 2 heterocycles. The minimum Gasteiger partial charge on any atom is -0.347 e. The summed E-state index contributed by atoms with van der Waals surface area (Å²) >= 11 is 1.56. The Morgan fingerprint density at radius 3 is 2.68 bits per heavy atom. The first-order valence-electron chi connectivity index (χ1n) is 8.52. The van der Waals surface area contributed by atoms with Crippen LogP contribution in [-0.4, -0.2) is 26.1 Å². The molecule has 0 saturated carbocycles. The molecule has 1 unspecified atom stereocenters. The molecule has 1 aromatic carbocycles. The fourth-order valence-electron chi connectivity index (χ4n) is 2.64. The van der Waals surface area contributed by atoms with E-state index in [1.165, 1.54) is 12.1 Å². The van der Waals surface area contributed by atoms with Crippen LogP contribution < -0.4 is 5.32 Å². The van der Waals surface area contributed by atoms with E-state index in [2.05, 4.69) is 20.7 Å². The van der Waals surface area contributed by atoms with E-state index < -0.39 is 11.7 Å². The summed E-state index contributed by atoms with van der Waals surface area (Å²) in [5.74, 6) is -0.0929. The molecule has 0 saturated heterocycles. The summed E-state index contributed by atoms with van der Waals surface area (Å²) in [7, 11) is 0. The van der Waals surface area contributed by atoms with E-state index in [4.69, 9.17) is 0 Å². The number of aromatic nitrogens is 4. The lowest BCUT2D eigenvalue weighted by molar-refractivity contribution is -0.137. The third kappa shape index (κ3) is 4.75. The van der Waals surface area contributed by atoms with Crippen molar-refractivity contribution in [3.63, 3.8) is 0 Å². The molecule has 1 atom stereocenters. The van der Waals surface area contributed by atoms with Crippen molar-refractivity contribution in [2.75, 3.05) is 0 Å². The highest BCUT2D eigenvalue weighted by Gasteiger charge is 2.30. The molecule has 0 aliphatic heterocycles. The van der Waals surface area contributed by atoms with Gasteiger partial charge in [0.1, 0.15) is 6.54 Å². The third-order valence-corrected chi connectivity index (χ3v) is 4.97. The summed E-state index contributed by atoms with van der Waals surface area (Å²) < 4.78 is 38.6. The average molecular weight is 409 g/mol. The second-order valence-corrected chi connectivity index (χ2v) is 7.51. The van der Waals surface area contributed by atoms with Gasteiger partial charge in [-0.3, -0.25) is 4.79 Å². The minimum atomic E-state index is -4.46. The monoisotopic (exact) mass is 409 g/mol. The Morgan fingerprint density at radius 1 is 1.25 bits per heavy atom. The number of thiophene rings is 1. The Balaban J connectivity index is 1.70. The number of hydrogen-bond acceptors (Lipinski definition) is 5. The van der Waals surface area contributed by atoms with Crippen LogP contribution in [0.25, 0.3) is 11.4 Å². The van der Waals surface area contributed by atoms with Gasteiger partial charge in [0.15, 0.2) is 0 Å². The Bertz CT molecular complexity index is 937. The van der Waals surface area contributed by atoms with Gasteiger partial charge in [-0.2, -0.15) is 18.0 Å². The summed E-state index contributed by atoms with van der Waals surface area (Å²) in [5, 5.41) is 16.4. The Hall–Kier alpha value is -2.75. The lowest BCUT2D eigenvalue weighted by Crippen LogP contribution is -2.34. The van der Waals surface area contributed by atoms with Crippen LogP contribution in [0.15, 0.2) is 41.8 Å². The number of carbonyl (C=O) groups is 1. The number of rotatable bonds is 6. The Labute approximate surface area is 163 Å². The highest BCUT2D eigenvalue weighted by Crippen LogP contribution is 2.31. The minimum absolute atomic E-state index is 0.0255. The lowest BCUT2D eigenvalue weighted by Gasteiger charge is -2.21. The molecule has 148 valence electrons. The van der Waals surface area contributed by atoms with Crippen molar-refractivity contribution in [1.29, 1.82) is 0 Å². The molecular weight excluding hydrogens is 391 g/mol. The second-order valence-electron chi connectivity index (χ2n) is 6.53. The maximum absolute atomic E-state index is 12.9. The number of nitrogens with one attached hydrogen (secondary N) is 1. The smallest absolute Gasteiger partial charge is 0.347 e. The van der Waals surface area contributed by atoms with Crippen LogP contribution in [0.1, 0.15) is 30.3 Å². The van der Waals surface area contributed by atoms with Crippen LogP contribution in [-0.2, 0) is 17.5 Å². The topological polar surface area (TPSA) is 72.7 Å². The van der Waals surface area contributed by atoms with Gasteiger partial charge in [-0.25, -0.2) is 0 Å². The lowest BCUT2D eigenvalue weighted by atomic mass is 10.0. The van der Waals surface area contributed by atoms with Gasteiger partial charge in [0.2, 0.25) is 11.7 Å². The van der Waals surface area contributed by atoms with Crippen LogP contribution in [0.3, 0.4) is 0 Å². The average Bonchev–Trinajstić information content (AvgIpc) is 3.31. The largest absolute Gasteiger partial charge is 0.416 e. The van der Waals surface area contributed by atoms with E-state index in [1.807, 2.05) is 31.4 Å². The van der Waals surface area contributed by atoms with Crippen LogP contribution in [0.5, 0.6) is 0 Å². The van der Waals surface area contributed by atoms with Crippen molar-refractivity contribution in [3.05, 3.63) is 52.2 Å². The molecule has 3 aromatic rings. The van der Waals surface area contributed by atoms with E-state index in [0.29, 0.717) is 0 Å². The summed E-state index contributed by atoms with van der Waals surface area (Å²) in [6.45, 7) is 3.83. The van der Waals surface area contributed by atoms with Gasteiger partial charge in [-0.1, -0.05) is 32.0 Å². The van der Waals surface area contributed by atoms with Gasteiger partial charge in [0, 0.05) is 10.4 Å². The van der Waals surface area contributed by atoms with Gasteiger partial charge >= 0.3 is 6.18 Å². The predicted molar refractivity (Wildman–Crippen MR) is 98.3 cm³/mol. The number of amides is 1. The van der Waals surface area contributed by atoms with Gasteiger partial charge in [0.25, 0.3) is 0 Å². The molecule has 10 heteroatoms. The van der Waals surface area contributed by atoms with E-state index in [0.717, 1.165) is 21.8 Å².